The molecule has 2 N–H and O–H groups in total. The normalized spacial score (nSPS) is 46.4. The zero-order valence-corrected chi connectivity index (χ0v) is 18.9. The SMILES string of the molecule is C[C@]12CCC[C@]3(CO3)[C@H]1C[C@H]1[C@@H](C2)OC(=O)[C@@H]1C[NH2+][C@H]1CCCC[C@@H]1Cc1ccco1. The third-order valence-electron chi connectivity index (χ3n) is 9.78. The van der Waals surface area contributed by atoms with Gasteiger partial charge in [0.2, 0.25) is 0 Å². The Bertz CT molecular complexity index is 802. The number of ether oxygens (including phenoxy) is 2. The molecule has 0 aromatic carbocycles. The smallest absolute Gasteiger partial charge is 0.315 e. The van der Waals surface area contributed by atoms with Gasteiger partial charge in [-0.3, -0.25) is 4.79 Å². The van der Waals surface area contributed by atoms with Crippen LogP contribution in [0.25, 0.3) is 0 Å². The fourth-order valence-electron chi connectivity index (χ4n) is 8.04. The van der Waals surface area contributed by atoms with Gasteiger partial charge >= 0.3 is 5.97 Å². The van der Waals surface area contributed by atoms with Gasteiger partial charge in [-0.05, 0) is 74.8 Å². The summed E-state index contributed by atoms with van der Waals surface area (Å²) in [5, 5.41) is 2.50. The van der Waals surface area contributed by atoms with Crippen LogP contribution in [0.4, 0.5) is 0 Å². The Hall–Kier alpha value is -1.33. The van der Waals surface area contributed by atoms with Gasteiger partial charge in [-0.25, -0.2) is 0 Å². The zero-order valence-electron chi connectivity index (χ0n) is 18.9. The van der Waals surface area contributed by atoms with Crippen LogP contribution in [-0.2, 0) is 20.7 Å². The maximum absolute atomic E-state index is 12.9. The zero-order chi connectivity index (χ0) is 21.1. The lowest BCUT2D eigenvalue weighted by Crippen LogP contribution is -2.93. The average molecular weight is 429 g/mol. The molecule has 3 saturated carbocycles. The molecule has 2 saturated heterocycles. The first-order valence-electron chi connectivity index (χ1n) is 12.8. The molecule has 170 valence electrons. The van der Waals surface area contributed by atoms with Crippen LogP contribution in [0.3, 0.4) is 0 Å². The molecule has 1 spiro atoms. The monoisotopic (exact) mass is 428 g/mol. The second kappa shape index (κ2) is 7.62. The van der Waals surface area contributed by atoms with Crippen molar-refractivity contribution >= 4 is 5.97 Å². The Kier molecular flexibility index (Phi) is 4.99. The van der Waals surface area contributed by atoms with E-state index in [1.54, 1.807) is 6.26 Å². The highest BCUT2D eigenvalue weighted by atomic mass is 16.6. The largest absolute Gasteiger partial charge is 0.469 e. The maximum Gasteiger partial charge on any atom is 0.315 e. The molecule has 31 heavy (non-hydrogen) atoms. The van der Waals surface area contributed by atoms with Crippen LogP contribution in [0, 0.1) is 29.1 Å². The van der Waals surface area contributed by atoms with Crippen LogP contribution in [0.2, 0.25) is 0 Å². The Balaban J connectivity index is 1.13. The molecule has 6 rings (SSSR count). The van der Waals surface area contributed by atoms with Crippen molar-refractivity contribution < 1.29 is 24.0 Å². The molecule has 3 aliphatic carbocycles. The Morgan fingerprint density at radius 3 is 2.87 bits per heavy atom. The summed E-state index contributed by atoms with van der Waals surface area (Å²) in [6.45, 7) is 4.26. The number of rotatable bonds is 5. The fraction of sp³-hybridized carbons (Fsp3) is 0.808. The maximum atomic E-state index is 12.9. The minimum Gasteiger partial charge on any atom is -0.469 e. The molecule has 5 fully saturated rings. The molecule has 5 heteroatoms. The molecule has 0 amide bonds. The predicted molar refractivity (Wildman–Crippen MR) is 115 cm³/mol. The minimum absolute atomic E-state index is 0.0541. The van der Waals surface area contributed by atoms with E-state index in [-0.39, 0.29) is 29.0 Å². The second-order valence-electron chi connectivity index (χ2n) is 11.6. The Morgan fingerprint density at radius 2 is 2.06 bits per heavy atom. The summed E-state index contributed by atoms with van der Waals surface area (Å²) in [5.41, 5.74) is 0.418. The van der Waals surface area contributed by atoms with E-state index in [2.05, 4.69) is 18.3 Å². The van der Waals surface area contributed by atoms with Crippen molar-refractivity contribution in [1.82, 2.24) is 0 Å². The van der Waals surface area contributed by atoms with Gasteiger partial charge in [0, 0.05) is 18.3 Å². The van der Waals surface area contributed by atoms with E-state index in [0.29, 0.717) is 23.8 Å². The molecule has 3 heterocycles. The molecule has 5 aliphatic rings. The predicted octanol–water partition coefficient (Wildman–Crippen LogP) is 3.47. The molecule has 1 aromatic heterocycles. The second-order valence-corrected chi connectivity index (χ2v) is 11.6. The van der Waals surface area contributed by atoms with Gasteiger partial charge in [-0.15, -0.1) is 0 Å². The molecular formula is C26H38NO4+. The molecule has 1 aromatic rings. The third kappa shape index (κ3) is 3.56. The molecule has 0 bridgehead atoms. The van der Waals surface area contributed by atoms with E-state index in [1.165, 1.54) is 44.9 Å². The lowest BCUT2D eigenvalue weighted by atomic mass is 9.53. The highest BCUT2D eigenvalue weighted by Gasteiger charge is 2.65. The summed E-state index contributed by atoms with van der Waals surface area (Å²) in [6, 6.07) is 4.68. The summed E-state index contributed by atoms with van der Waals surface area (Å²) < 4.78 is 17.7. The summed E-state index contributed by atoms with van der Waals surface area (Å²) in [6.07, 6.45) is 14.0. The lowest BCUT2D eigenvalue weighted by Gasteiger charge is -2.51. The molecule has 8 atom stereocenters. The summed E-state index contributed by atoms with van der Waals surface area (Å²) >= 11 is 0. The number of quaternary nitrogens is 1. The number of carbonyl (C=O) groups excluding carboxylic acids is 1. The fourth-order valence-corrected chi connectivity index (χ4v) is 8.04. The Labute approximate surface area is 185 Å². The molecule has 0 radical (unpaired) electrons. The Morgan fingerprint density at radius 1 is 1.19 bits per heavy atom. The van der Waals surface area contributed by atoms with Crippen molar-refractivity contribution in [2.24, 2.45) is 29.1 Å². The van der Waals surface area contributed by atoms with Crippen molar-refractivity contribution in [3.05, 3.63) is 24.2 Å². The van der Waals surface area contributed by atoms with Crippen LogP contribution in [0.5, 0.6) is 0 Å². The summed E-state index contributed by atoms with van der Waals surface area (Å²) in [4.78, 5) is 12.9. The van der Waals surface area contributed by atoms with E-state index in [0.717, 1.165) is 38.2 Å². The van der Waals surface area contributed by atoms with Crippen molar-refractivity contribution in [2.75, 3.05) is 13.2 Å². The first-order valence-corrected chi connectivity index (χ1v) is 12.8. The highest BCUT2D eigenvalue weighted by molar-refractivity contribution is 5.75. The molecule has 2 aliphatic heterocycles. The lowest BCUT2D eigenvalue weighted by molar-refractivity contribution is -0.702. The first kappa shape index (κ1) is 20.3. The minimum atomic E-state index is 0.0541. The van der Waals surface area contributed by atoms with Gasteiger partial charge in [0.25, 0.3) is 0 Å². The van der Waals surface area contributed by atoms with Crippen LogP contribution >= 0.6 is 0 Å². The number of fused-ring (bicyclic) bond motifs is 3. The summed E-state index contributed by atoms with van der Waals surface area (Å²) in [7, 11) is 0. The van der Waals surface area contributed by atoms with E-state index in [1.807, 2.05) is 6.07 Å². The number of hydrogen-bond acceptors (Lipinski definition) is 4. The molecule has 5 nitrogen and oxygen atoms in total. The van der Waals surface area contributed by atoms with Gasteiger partial charge in [0.15, 0.2) is 0 Å². The van der Waals surface area contributed by atoms with Crippen molar-refractivity contribution in [1.29, 1.82) is 0 Å². The number of nitrogens with two attached hydrogens (primary N) is 1. The van der Waals surface area contributed by atoms with E-state index < -0.39 is 0 Å². The standard InChI is InChI=1S/C26H37NO4/c1-25-9-5-10-26(16-30-26)23(25)13-19-20(24(28)31-22(19)14-25)15-27-21-8-3-2-6-17(21)12-18-7-4-11-29-18/h4,7,11,17,19-23,27H,2-3,5-6,8-10,12-16H2,1H3/p+1/t17-,19-,20-,21+,22-,23+,25-,26+/m1/s1. The molecular weight excluding hydrogens is 390 g/mol. The number of carbonyl (C=O) groups is 1. The van der Waals surface area contributed by atoms with E-state index in [9.17, 15) is 4.79 Å². The van der Waals surface area contributed by atoms with Gasteiger partial charge < -0.3 is 19.2 Å². The van der Waals surface area contributed by atoms with Gasteiger partial charge in [0.05, 0.1) is 31.1 Å². The van der Waals surface area contributed by atoms with Gasteiger partial charge in [0.1, 0.15) is 17.8 Å². The van der Waals surface area contributed by atoms with Crippen LogP contribution in [0.1, 0.15) is 70.5 Å². The number of epoxide rings is 1. The highest BCUT2D eigenvalue weighted by Crippen LogP contribution is 2.62. The van der Waals surface area contributed by atoms with Gasteiger partial charge in [-0.2, -0.15) is 0 Å². The van der Waals surface area contributed by atoms with Crippen molar-refractivity contribution in [2.45, 2.75) is 88.9 Å². The first-order chi connectivity index (χ1) is 15.1. The van der Waals surface area contributed by atoms with Gasteiger partial charge in [-0.1, -0.05) is 13.3 Å². The average Bonchev–Trinajstić information content (AvgIpc) is 3.19. The number of furan rings is 1. The van der Waals surface area contributed by atoms with E-state index >= 15 is 0 Å². The van der Waals surface area contributed by atoms with Crippen molar-refractivity contribution in [3.8, 4) is 0 Å². The van der Waals surface area contributed by atoms with Crippen LogP contribution in [0.15, 0.2) is 22.8 Å². The van der Waals surface area contributed by atoms with Crippen LogP contribution < -0.4 is 5.32 Å². The summed E-state index contributed by atoms with van der Waals surface area (Å²) in [5.74, 6) is 2.85. The number of esters is 1. The van der Waals surface area contributed by atoms with E-state index in [4.69, 9.17) is 13.9 Å². The number of hydrogen-bond donors (Lipinski definition) is 1. The quantitative estimate of drug-likeness (QED) is 0.576. The topological polar surface area (TPSA) is 68.6 Å². The molecule has 0 unspecified atom stereocenters. The van der Waals surface area contributed by atoms with Crippen molar-refractivity contribution in [3.63, 3.8) is 0 Å². The third-order valence-corrected chi connectivity index (χ3v) is 9.78. The van der Waals surface area contributed by atoms with Crippen LogP contribution in [-0.4, -0.2) is 36.9 Å².